The fraction of sp³-hybridized carbons (Fsp3) is 0.533. The van der Waals surface area contributed by atoms with Crippen molar-refractivity contribution in [1.29, 1.82) is 0 Å². The summed E-state index contributed by atoms with van der Waals surface area (Å²) < 4.78 is 5.33. The minimum Gasteiger partial charge on any atom is -0.497 e. The minimum absolute atomic E-state index is 0.451. The first-order valence-corrected chi connectivity index (χ1v) is 7.56. The molecule has 0 spiro atoms. The zero-order chi connectivity index (χ0) is 14.1. The Bertz CT molecular complexity index is 508. The molecule has 1 aromatic rings. The Morgan fingerprint density at radius 1 is 1.25 bits per heavy atom. The number of methoxy groups -OCH3 is 1. The van der Waals surface area contributed by atoms with Crippen molar-refractivity contribution >= 4 is 22.9 Å². The molecule has 1 saturated heterocycles. The van der Waals surface area contributed by atoms with Crippen LogP contribution in [-0.4, -0.2) is 49.2 Å². The van der Waals surface area contributed by atoms with E-state index in [-0.39, 0.29) is 0 Å². The van der Waals surface area contributed by atoms with Crippen molar-refractivity contribution in [3.05, 3.63) is 23.8 Å². The van der Waals surface area contributed by atoms with Crippen molar-refractivity contribution in [2.24, 2.45) is 5.73 Å². The van der Waals surface area contributed by atoms with Crippen molar-refractivity contribution in [3.63, 3.8) is 0 Å². The Morgan fingerprint density at radius 3 is 2.50 bits per heavy atom. The molecular weight excluding hydrogens is 270 g/mol. The fourth-order valence-electron chi connectivity index (χ4n) is 2.88. The number of thiocarbonyl (C=S) groups is 1. The van der Waals surface area contributed by atoms with Crippen molar-refractivity contribution in [1.82, 2.24) is 4.90 Å². The van der Waals surface area contributed by atoms with E-state index >= 15 is 0 Å². The van der Waals surface area contributed by atoms with Crippen molar-refractivity contribution in [3.8, 4) is 5.75 Å². The summed E-state index contributed by atoms with van der Waals surface area (Å²) in [7, 11) is 1.69. The molecule has 0 unspecified atom stereocenters. The average Bonchev–Trinajstić information content (AvgIpc) is 3.31. The highest BCUT2D eigenvalue weighted by Crippen LogP contribution is 2.31. The summed E-state index contributed by atoms with van der Waals surface area (Å²) in [6.07, 6.45) is 2.74. The van der Waals surface area contributed by atoms with Crippen LogP contribution in [0.1, 0.15) is 18.4 Å². The first-order valence-electron chi connectivity index (χ1n) is 7.16. The van der Waals surface area contributed by atoms with Crippen LogP contribution in [0, 0.1) is 0 Å². The molecule has 2 N–H and O–H groups in total. The van der Waals surface area contributed by atoms with Crippen LogP contribution < -0.4 is 15.4 Å². The summed E-state index contributed by atoms with van der Waals surface area (Å²) in [4.78, 5) is 5.42. The molecule has 20 heavy (non-hydrogen) atoms. The highest BCUT2D eigenvalue weighted by atomic mass is 32.1. The minimum atomic E-state index is 0.451. The lowest BCUT2D eigenvalue weighted by Gasteiger charge is -2.37. The second-order valence-corrected chi connectivity index (χ2v) is 5.94. The van der Waals surface area contributed by atoms with Gasteiger partial charge in [-0.3, -0.25) is 4.90 Å². The van der Waals surface area contributed by atoms with E-state index in [2.05, 4.69) is 9.80 Å². The summed E-state index contributed by atoms with van der Waals surface area (Å²) in [6, 6.07) is 6.77. The number of hydrogen-bond donors (Lipinski definition) is 1. The first-order chi connectivity index (χ1) is 9.69. The fourth-order valence-corrected chi connectivity index (χ4v) is 3.05. The van der Waals surface area contributed by atoms with Crippen LogP contribution in [-0.2, 0) is 0 Å². The van der Waals surface area contributed by atoms with Gasteiger partial charge in [0.25, 0.3) is 0 Å². The van der Waals surface area contributed by atoms with E-state index < -0.39 is 0 Å². The zero-order valence-corrected chi connectivity index (χ0v) is 12.7. The Hall–Kier alpha value is -1.33. The van der Waals surface area contributed by atoms with E-state index in [1.54, 1.807) is 7.11 Å². The number of nitrogens with zero attached hydrogens (tertiary/aromatic N) is 2. The third-order valence-corrected chi connectivity index (χ3v) is 4.41. The molecule has 3 rings (SSSR count). The van der Waals surface area contributed by atoms with E-state index in [1.165, 1.54) is 12.8 Å². The molecule has 1 heterocycles. The number of nitrogens with two attached hydrogens (primary N) is 1. The molecule has 1 aliphatic carbocycles. The van der Waals surface area contributed by atoms with Gasteiger partial charge in [0.05, 0.1) is 12.8 Å². The molecule has 4 nitrogen and oxygen atoms in total. The largest absolute Gasteiger partial charge is 0.497 e. The maximum absolute atomic E-state index is 5.85. The van der Waals surface area contributed by atoms with Gasteiger partial charge in [0.15, 0.2) is 0 Å². The van der Waals surface area contributed by atoms with Gasteiger partial charge in [0.1, 0.15) is 10.7 Å². The zero-order valence-electron chi connectivity index (χ0n) is 11.8. The predicted molar refractivity (Wildman–Crippen MR) is 85.7 cm³/mol. The lowest BCUT2D eigenvalue weighted by atomic mass is 10.1. The van der Waals surface area contributed by atoms with Gasteiger partial charge >= 0.3 is 0 Å². The molecule has 0 aromatic heterocycles. The highest BCUT2D eigenvalue weighted by molar-refractivity contribution is 7.80. The van der Waals surface area contributed by atoms with Crippen LogP contribution in [0.5, 0.6) is 5.75 Å². The van der Waals surface area contributed by atoms with Gasteiger partial charge < -0.3 is 15.4 Å². The second-order valence-electron chi connectivity index (χ2n) is 5.50. The van der Waals surface area contributed by atoms with Gasteiger partial charge in [-0.2, -0.15) is 0 Å². The molecular formula is C15H21N3OS. The number of piperazine rings is 1. The van der Waals surface area contributed by atoms with Gasteiger partial charge in [-0.25, -0.2) is 0 Å². The van der Waals surface area contributed by atoms with Gasteiger partial charge in [-0.05, 0) is 25.0 Å². The number of rotatable bonds is 4. The van der Waals surface area contributed by atoms with Crippen LogP contribution in [0.2, 0.25) is 0 Å². The third kappa shape index (κ3) is 2.74. The monoisotopic (exact) mass is 291 g/mol. The molecule has 1 aliphatic heterocycles. The number of hydrogen-bond acceptors (Lipinski definition) is 4. The summed E-state index contributed by atoms with van der Waals surface area (Å²) in [6.45, 7) is 4.30. The van der Waals surface area contributed by atoms with Crippen LogP contribution in [0.25, 0.3) is 0 Å². The normalized spacial score (nSPS) is 19.9. The van der Waals surface area contributed by atoms with E-state index in [0.717, 1.165) is 49.2 Å². The standard InChI is InChI=1S/C15H21N3OS/c1-19-12-4-5-13(15(16)20)14(10-12)18-8-6-17(7-9-18)11-2-3-11/h4-5,10-11H,2-3,6-9H2,1H3,(H2,16,20). The maximum atomic E-state index is 5.85. The molecule has 1 aromatic carbocycles. The Kier molecular flexibility index (Phi) is 3.81. The summed E-state index contributed by atoms with van der Waals surface area (Å²) in [5, 5.41) is 0. The summed E-state index contributed by atoms with van der Waals surface area (Å²) in [5.74, 6) is 0.852. The van der Waals surface area contributed by atoms with Crippen molar-refractivity contribution in [2.75, 3.05) is 38.2 Å². The molecule has 0 bridgehead atoms. The van der Waals surface area contributed by atoms with Crippen LogP contribution >= 0.6 is 12.2 Å². The van der Waals surface area contributed by atoms with Crippen LogP contribution in [0.4, 0.5) is 5.69 Å². The van der Waals surface area contributed by atoms with Crippen LogP contribution in [0.3, 0.4) is 0 Å². The SMILES string of the molecule is COc1ccc(C(N)=S)c(N2CCN(C3CC3)CC2)c1. The Morgan fingerprint density at radius 2 is 1.95 bits per heavy atom. The topological polar surface area (TPSA) is 41.7 Å². The van der Waals surface area contributed by atoms with E-state index in [9.17, 15) is 0 Å². The molecule has 2 aliphatic rings. The van der Waals surface area contributed by atoms with Gasteiger partial charge in [-0.1, -0.05) is 12.2 Å². The van der Waals surface area contributed by atoms with Crippen molar-refractivity contribution in [2.45, 2.75) is 18.9 Å². The molecule has 0 radical (unpaired) electrons. The lowest BCUT2D eigenvalue weighted by Crippen LogP contribution is -2.47. The Balaban J connectivity index is 1.79. The van der Waals surface area contributed by atoms with Gasteiger partial charge in [0, 0.05) is 43.9 Å². The Labute approximate surface area is 125 Å². The van der Waals surface area contributed by atoms with Crippen molar-refractivity contribution < 1.29 is 4.74 Å². The maximum Gasteiger partial charge on any atom is 0.120 e. The average molecular weight is 291 g/mol. The summed E-state index contributed by atoms with van der Waals surface area (Å²) >= 11 is 5.17. The highest BCUT2D eigenvalue weighted by Gasteiger charge is 2.31. The molecule has 2 fully saturated rings. The second kappa shape index (κ2) is 5.58. The quantitative estimate of drug-likeness (QED) is 0.854. The molecule has 0 amide bonds. The predicted octanol–water partition coefficient (Wildman–Crippen LogP) is 1.61. The number of ether oxygens (including phenoxy) is 1. The number of anilines is 1. The lowest BCUT2D eigenvalue weighted by molar-refractivity contribution is 0.248. The van der Waals surface area contributed by atoms with E-state index in [4.69, 9.17) is 22.7 Å². The van der Waals surface area contributed by atoms with Crippen LogP contribution in [0.15, 0.2) is 18.2 Å². The molecule has 108 valence electrons. The molecule has 5 heteroatoms. The molecule has 1 saturated carbocycles. The van der Waals surface area contributed by atoms with E-state index in [0.29, 0.717) is 4.99 Å². The number of benzene rings is 1. The third-order valence-electron chi connectivity index (χ3n) is 4.19. The summed E-state index contributed by atoms with van der Waals surface area (Å²) in [5.41, 5.74) is 7.90. The molecule has 0 atom stereocenters. The van der Waals surface area contributed by atoms with Gasteiger partial charge in [-0.15, -0.1) is 0 Å². The smallest absolute Gasteiger partial charge is 0.120 e. The van der Waals surface area contributed by atoms with E-state index in [1.807, 2.05) is 18.2 Å². The first kappa shape index (κ1) is 13.6. The van der Waals surface area contributed by atoms with Gasteiger partial charge in [0.2, 0.25) is 0 Å².